The fraction of sp³-hybridized carbons (Fsp3) is 0.172. The lowest BCUT2D eigenvalue weighted by atomic mass is 9.71. The second kappa shape index (κ2) is 9.97. The van der Waals surface area contributed by atoms with Crippen LogP contribution in [0.3, 0.4) is 0 Å². The normalized spacial score (nSPS) is 19.3. The Morgan fingerprint density at radius 3 is 2.47 bits per heavy atom. The number of nitrogens with zero attached hydrogens (tertiary/aromatic N) is 3. The summed E-state index contributed by atoms with van der Waals surface area (Å²) in [5.74, 6) is -1.10. The SMILES string of the molecule is Cc1c(Cl)cccc1N1C(N)=C(C#N)[C@@H](c2cc([N+](=O)[O-])ccc2Cl)C2=C1C[C@@H](c1ccccc1)CC2=O. The molecule has 1 aliphatic carbocycles. The number of nitriles is 1. The summed E-state index contributed by atoms with van der Waals surface area (Å²) in [5.41, 5.74) is 10.3. The minimum absolute atomic E-state index is 0.0945. The molecule has 3 aromatic rings. The van der Waals surface area contributed by atoms with Gasteiger partial charge < -0.3 is 5.73 Å². The maximum atomic E-state index is 14.0. The highest BCUT2D eigenvalue weighted by molar-refractivity contribution is 6.32. The van der Waals surface area contributed by atoms with E-state index < -0.39 is 10.8 Å². The molecule has 3 aromatic carbocycles. The molecule has 0 unspecified atom stereocenters. The van der Waals surface area contributed by atoms with Crippen molar-refractivity contribution in [3.63, 3.8) is 0 Å². The van der Waals surface area contributed by atoms with Crippen molar-refractivity contribution in [3.8, 4) is 6.07 Å². The molecule has 0 spiro atoms. The van der Waals surface area contributed by atoms with Crippen LogP contribution in [-0.2, 0) is 4.79 Å². The summed E-state index contributed by atoms with van der Waals surface area (Å²) in [5, 5.41) is 22.6. The Labute approximate surface area is 229 Å². The number of rotatable bonds is 4. The predicted molar refractivity (Wildman–Crippen MR) is 147 cm³/mol. The van der Waals surface area contributed by atoms with Gasteiger partial charge in [0, 0.05) is 39.9 Å². The highest BCUT2D eigenvalue weighted by Crippen LogP contribution is 2.51. The van der Waals surface area contributed by atoms with Crippen molar-refractivity contribution in [1.82, 2.24) is 0 Å². The van der Waals surface area contributed by atoms with Crippen LogP contribution < -0.4 is 10.6 Å². The topological polar surface area (TPSA) is 113 Å². The second-order valence-corrected chi connectivity index (χ2v) is 10.1. The molecule has 0 aromatic heterocycles. The Hall–Kier alpha value is -4.12. The molecule has 0 radical (unpaired) electrons. The Balaban J connectivity index is 1.79. The van der Waals surface area contributed by atoms with Gasteiger partial charge >= 0.3 is 0 Å². The maximum absolute atomic E-state index is 14.0. The first kappa shape index (κ1) is 25.5. The molecule has 2 N–H and O–H groups in total. The van der Waals surface area contributed by atoms with Crippen LogP contribution >= 0.6 is 23.2 Å². The predicted octanol–water partition coefficient (Wildman–Crippen LogP) is 6.91. The molecule has 1 heterocycles. The molecule has 0 fully saturated rings. The number of carbonyl (C=O) groups is 1. The van der Waals surface area contributed by atoms with E-state index in [4.69, 9.17) is 28.9 Å². The fourth-order valence-electron chi connectivity index (χ4n) is 5.38. The van der Waals surface area contributed by atoms with Gasteiger partial charge in [0.2, 0.25) is 0 Å². The molecule has 7 nitrogen and oxygen atoms in total. The summed E-state index contributed by atoms with van der Waals surface area (Å²) in [4.78, 5) is 26.7. The average molecular weight is 545 g/mol. The zero-order valence-corrected chi connectivity index (χ0v) is 21.8. The van der Waals surface area contributed by atoms with Gasteiger partial charge in [0.1, 0.15) is 5.82 Å². The summed E-state index contributed by atoms with van der Waals surface area (Å²) in [6.45, 7) is 1.85. The Kier molecular flexibility index (Phi) is 6.70. The standard InChI is InChI=1S/C29H22Cl2N4O3/c1-16-22(30)8-5-9-24(16)34-25-12-18(17-6-3-2-4-7-17)13-26(36)28(25)27(21(15-32)29(34)33)20-14-19(35(37)38)10-11-23(20)31/h2-11,14,18,27H,12-13,33H2,1H3/t18-,27-/m1/s1. The van der Waals surface area contributed by atoms with Gasteiger partial charge in [0.15, 0.2) is 5.78 Å². The molecular formula is C29H22Cl2N4O3. The Morgan fingerprint density at radius 2 is 1.79 bits per heavy atom. The van der Waals surface area contributed by atoms with Gasteiger partial charge in [-0.05, 0) is 54.2 Å². The van der Waals surface area contributed by atoms with Crippen LogP contribution in [0.15, 0.2) is 89.4 Å². The van der Waals surface area contributed by atoms with Gasteiger partial charge in [-0.25, -0.2) is 0 Å². The first-order valence-corrected chi connectivity index (χ1v) is 12.7. The number of nitrogens with two attached hydrogens (primary N) is 1. The zero-order valence-electron chi connectivity index (χ0n) is 20.3. The monoisotopic (exact) mass is 544 g/mol. The second-order valence-electron chi connectivity index (χ2n) is 9.33. The molecule has 2 atom stereocenters. The lowest BCUT2D eigenvalue weighted by Crippen LogP contribution is -2.40. The number of nitro groups is 1. The number of ketones is 1. The van der Waals surface area contributed by atoms with Crippen LogP contribution in [0.4, 0.5) is 11.4 Å². The molecule has 1 aliphatic heterocycles. The smallest absolute Gasteiger partial charge is 0.269 e. The fourth-order valence-corrected chi connectivity index (χ4v) is 5.78. The van der Waals surface area contributed by atoms with E-state index in [-0.39, 0.29) is 40.2 Å². The van der Waals surface area contributed by atoms with Crippen LogP contribution in [0.25, 0.3) is 0 Å². The van der Waals surface area contributed by atoms with Crippen LogP contribution in [0, 0.1) is 28.4 Å². The van der Waals surface area contributed by atoms with Gasteiger partial charge in [-0.15, -0.1) is 0 Å². The molecule has 0 amide bonds. The number of nitro benzene ring substituents is 1. The number of hydrogen-bond acceptors (Lipinski definition) is 6. The van der Waals surface area contributed by atoms with E-state index in [1.165, 1.54) is 18.2 Å². The minimum Gasteiger partial charge on any atom is -0.384 e. The lowest BCUT2D eigenvalue weighted by molar-refractivity contribution is -0.384. The minimum atomic E-state index is -0.942. The zero-order chi connectivity index (χ0) is 27.1. The van der Waals surface area contributed by atoms with E-state index in [9.17, 15) is 20.2 Å². The number of hydrogen-bond donors (Lipinski definition) is 1. The Bertz CT molecular complexity index is 1590. The van der Waals surface area contributed by atoms with E-state index in [0.717, 1.165) is 11.1 Å². The third-order valence-electron chi connectivity index (χ3n) is 7.22. The van der Waals surface area contributed by atoms with Gasteiger partial charge in [0.05, 0.1) is 28.2 Å². The van der Waals surface area contributed by atoms with Crippen LogP contribution in [0.5, 0.6) is 0 Å². The van der Waals surface area contributed by atoms with Crippen molar-refractivity contribution in [2.75, 3.05) is 4.90 Å². The van der Waals surface area contributed by atoms with E-state index in [1.807, 2.05) is 43.3 Å². The molecule has 0 bridgehead atoms. The quantitative estimate of drug-likeness (QED) is 0.282. The molecule has 9 heteroatoms. The van der Waals surface area contributed by atoms with Gasteiger partial charge in [-0.3, -0.25) is 19.8 Å². The molecule has 5 rings (SSSR count). The first-order chi connectivity index (χ1) is 18.2. The average Bonchev–Trinajstić information content (AvgIpc) is 2.90. The lowest BCUT2D eigenvalue weighted by Gasteiger charge is -2.42. The molecule has 0 saturated heterocycles. The number of Topliss-reactive ketones (excluding diaryl/α,β-unsaturated/α-hetero) is 1. The Morgan fingerprint density at radius 1 is 1.05 bits per heavy atom. The van der Waals surface area contributed by atoms with Crippen molar-refractivity contribution in [3.05, 3.63) is 126 Å². The number of anilines is 1. The van der Waals surface area contributed by atoms with E-state index in [0.29, 0.717) is 34.0 Å². The molecule has 190 valence electrons. The molecule has 2 aliphatic rings. The summed E-state index contributed by atoms with van der Waals surface area (Å²) in [6.07, 6.45) is 0.673. The number of non-ortho nitro benzene ring substituents is 1. The van der Waals surface area contributed by atoms with Crippen molar-refractivity contribution >= 4 is 40.4 Å². The number of allylic oxidation sites excluding steroid dienone is 3. The van der Waals surface area contributed by atoms with E-state index >= 15 is 0 Å². The first-order valence-electron chi connectivity index (χ1n) is 11.9. The number of carbonyl (C=O) groups excluding carboxylic acids is 1. The third-order valence-corrected chi connectivity index (χ3v) is 7.97. The summed E-state index contributed by atoms with van der Waals surface area (Å²) in [7, 11) is 0. The van der Waals surface area contributed by atoms with Crippen molar-refractivity contribution in [2.24, 2.45) is 5.73 Å². The molecule has 38 heavy (non-hydrogen) atoms. The van der Waals surface area contributed by atoms with Crippen LogP contribution in [0.2, 0.25) is 10.0 Å². The summed E-state index contributed by atoms with van der Waals surface area (Å²) < 4.78 is 0. The van der Waals surface area contributed by atoms with E-state index in [1.54, 1.807) is 17.0 Å². The molecular weight excluding hydrogens is 523 g/mol. The van der Waals surface area contributed by atoms with Crippen LogP contribution in [-0.4, -0.2) is 10.7 Å². The number of halogens is 2. The summed E-state index contributed by atoms with van der Waals surface area (Å²) in [6, 6.07) is 21.3. The highest BCUT2D eigenvalue weighted by atomic mass is 35.5. The number of benzene rings is 3. The maximum Gasteiger partial charge on any atom is 0.269 e. The van der Waals surface area contributed by atoms with Crippen LogP contribution in [0.1, 0.15) is 41.4 Å². The van der Waals surface area contributed by atoms with E-state index in [2.05, 4.69) is 6.07 Å². The van der Waals surface area contributed by atoms with Crippen molar-refractivity contribution < 1.29 is 9.72 Å². The van der Waals surface area contributed by atoms with Gasteiger partial charge in [0.25, 0.3) is 5.69 Å². The summed E-state index contributed by atoms with van der Waals surface area (Å²) >= 11 is 13.0. The third kappa shape index (κ3) is 4.22. The molecule has 0 saturated carbocycles. The van der Waals surface area contributed by atoms with Crippen molar-refractivity contribution in [2.45, 2.75) is 31.6 Å². The largest absolute Gasteiger partial charge is 0.384 e. The van der Waals surface area contributed by atoms with Gasteiger partial charge in [-0.1, -0.05) is 59.6 Å². The van der Waals surface area contributed by atoms with Crippen molar-refractivity contribution in [1.29, 1.82) is 5.26 Å². The van der Waals surface area contributed by atoms with Gasteiger partial charge in [-0.2, -0.15) is 5.26 Å². The highest BCUT2D eigenvalue weighted by Gasteiger charge is 2.44.